The van der Waals surface area contributed by atoms with Gasteiger partial charge in [0.25, 0.3) is 0 Å². The van der Waals surface area contributed by atoms with Crippen LogP contribution in [0.1, 0.15) is 37.2 Å². The molecule has 1 aromatic heterocycles. The highest BCUT2D eigenvalue weighted by molar-refractivity contribution is 14.0. The van der Waals surface area contributed by atoms with Crippen molar-refractivity contribution in [1.29, 1.82) is 0 Å². The maximum Gasteiger partial charge on any atom is 0.223 e. The van der Waals surface area contributed by atoms with E-state index in [2.05, 4.69) is 44.8 Å². The van der Waals surface area contributed by atoms with Crippen molar-refractivity contribution in [3.05, 3.63) is 47.6 Å². The Morgan fingerprint density at radius 3 is 2.64 bits per heavy atom. The summed E-state index contributed by atoms with van der Waals surface area (Å²) in [7, 11) is 0. The van der Waals surface area contributed by atoms with E-state index < -0.39 is 0 Å². The molecule has 0 spiro atoms. The lowest BCUT2D eigenvalue weighted by Gasteiger charge is -2.17. The Morgan fingerprint density at radius 2 is 2.05 bits per heavy atom. The number of hydrogen-bond donors (Lipinski definition) is 2. The normalized spacial score (nSPS) is 12.4. The Hall–Kier alpha value is -1.64. The Labute approximate surface area is 147 Å². The van der Waals surface area contributed by atoms with Crippen molar-refractivity contribution in [3.63, 3.8) is 0 Å². The topological polar surface area (TPSA) is 75.3 Å². The molecule has 0 fully saturated rings. The zero-order chi connectivity index (χ0) is 15.1. The van der Waals surface area contributed by atoms with Gasteiger partial charge < -0.3 is 15.2 Å². The molecule has 0 bridgehead atoms. The lowest BCUT2D eigenvalue weighted by molar-refractivity contribution is 0.387. The molecule has 0 aliphatic rings. The second kappa shape index (κ2) is 9.39. The van der Waals surface area contributed by atoms with Crippen molar-refractivity contribution in [2.75, 3.05) is 6.54 Å². The van der Waals surface area contributed by atoms with Crippen LogP contribution in [0.25, 0.3) is 0 Å². The fourth-order valence-electron chi connectivity index (χ4n) is 1.91. The molecule has 1 atom stereocenters. The van der Waals surface area contributed by atoms with E-state index in [1.54, 1.807) is 6.92 Å². The van der Waals surface area contributed by atoms with E-state index in [1.807, 2.05) is 25.1 Å². The first-order valence-electron chi connectivity index (χ1n) is 7.08. The van der Waals surface area contributed by atoms with Crippen LogP contribution in [0, 0.1) is 6.92 Å². The number of benzene rings is 1. The summed E-state index contributed by atoms with van der Waals surface area (Å²) in [6.07, 6.45) is 0. The summed E-state index contributed by atoms with van der Waals surface area (Å²) in [5, 5.41) is 10.4. The zero-order valence-electron chi connectivity index (χ0n) is 13.0. The smallest absolute Gasteiger partial charge is 0.223 e. The fourth-order valence-corrected chi connectivity index (χ4v) is 1.91. The second-order valence-electron chi connectivity index (χ2n) is 4.70. The molecule has 0 aliphatic heterocycles. The van der Waals surface area contributed by atoms with Crippen molar-refractivity contribution in [1.82, 2.24) is 20.8 Å². The fraction of sp³-hybridized carbons (Fsp3) is 0.400. The first-order chi connectivity index (χ1) is 10.2. The number of aliphatic imine (C=N–C) groups is 1. The summed E-state index contributed by atoms with van der Waals surface area (Å²) in [4.78, 5) is 8.61. The molecule has 0 radical (unpaired) electrons. The molecule has 2 aromatic rings. The van der Waals surface area contributed by atoms with Crippen LogP contribution >= 0.6 is 24.0 Å². The van der Waals surface area contributed by atoms with Crippen LogP contribution < -0.4 is 10.6 Å². The Kier molecular flexibility index (Phi) is 7.86. The van der Waals surface area contributed by atoms with Gasteiger partial charge in [0, 0.05) is 13.5 Å². The SMILES string of the molecule is CCNC(=NCc1noc(C)n1)NC(C)c1ccccc1.I. The van der Waals surface area contributed by atoms with E-state index in [9.17, 15) is 0 Å². The summed E-state index contributed by atoms with van der Waals surface area (Å²) in [6.45, 7) is 7.07. The van der Waals surface area contributed by atoms with Gasteiger partial charge in [0.05, 0.1) is 6.04 Å². The Morgan fingerprint density at radius 1 is 1.32 bits per heavy atom. The van der Waals surface area contributed by atoms with Gasteiger partial charge in [-0.25, -0.2) is 4.99 Å². The number of nitrogens with zero attached hydrogens (tertiary/aromatic N) is 3. The van der Waals surface area contributed by atoms with Crippen molar-refractivity contribution in [2.24, 2.45) is 4.99 Å². The van der Waals surface area contributed by atoms with Gasteiger partial charge in [-0.2, -0.15) is 4.98 Å². The molecule has 0 saturated carbocycles. The third-order valence-electron chi connectivity index (χ3n) is 2.95. The predicted octanol–water partition coefficient (Wildman–Crippen LogP) is 2.81. The number of aryl methyl sites for hydroxylation is 1. The molecule has 1 heterocycles. The average molecular weight is 415 g/mol. The second-order valence-corrected chi connectivity index (χ2v) is 4.70. The number of rotatable bonds is 5. The van der Waals surface area contributed by atoms with Gasteiger partial charge in [-0.3, -0.25) is 0 Å². The molecule has 0 aliphatic carbocycles. The molecular weight excluding hydrogens is 393 g/mol. The molecule has 1 unspecified atom stereocenters. The van der Waals surface area contributed by atoms with Gasteiger partial charge in [0.2, 0.25) is 5.89 Å². The van der Waals surface area contributed by atoms with Gasteiger partial charge in [-0.1, -0.05) is 35.5 Å². The predicted molar refractivity (Wildman–Crippen MR) is 97.3 cm³/mol. The molecule has 0 amide bonds. The van der Waals surface area contributed by atoms with Crippen LogP contribution in [0.4, 0.5) is 0 Å². The summed E-state index contributed by atoms with van der Waals surface area (Å²) >= 11 is 0. The third kappa shape index (κ3) is 5.63. The maximum absolute atomic E-state index is 4.94. The van der Waals surface area contributed by atoms with Gasteiger partial charge in [0.15, 0.2) is 11.8 Å². The summed E-state index contributed by atoms with van der Waals surface area (Å²) in [6, 6.07) is 10.4. The minimum atomic E-state index is 0. The monoisotopic (exact) mass is 415 g/mol. The van der Waals surface area contributed by atoms with Crippen molar-refractivity contribution >= 4 is 29.9 Å². The van der Waals surface area contributed by atoms with Crippen LogP contribution in [0.5, 0.6) is 0 Å². The number of guanidine groups is 1. The molecule has 2 rings (SSSR count). The average Bonchev–Trinajstić information content (AvgIpc) is 2.91. The standard InChI is InChI=1S/C15H21N5O.HI/c1-4-16-15(17-10-14-19-12(3)21-20-14)18-11(2)13-8-6-5-7-9-13;/h5-9,11H,4,10H2,1-3H3,(H2,16,17,18);1H. The molecular formula is C15H22IN5O. The Balaban J connectivity index is 0.00000242. The summed E-state index contributed by atoms with van der Waals surface area (Å²) < 4.78 is 4.94. The van der Waals surface area contributed by atoms with Gasteiger partial charge in [-0.05, 0) is 19.4 Å². The highest BCUT2D eigenvalue weighted by Gasteiger charge is 2.08. The van der Waals surface area contributed by atoms with Crippen molar-refractivity contribution in [3.8, 4) is 0 Å². The first kappa shape index (κ1) is 18.4. The van der Waals surface area contributed by atoms with E-state index in [-0.39, 0.29) is 30.0 Å². The maximum atomic E-state index is 4.94. The lowest BCUT2D eigenvalue weighted by atomic mass is 10.1. The highest BCUT2D eigenvalue weighted by Crippen LogP contribution is 2.10. The van der Waals surface area contributed by atoms with Gasteiger partial charge in [0.1, 0.15) is 6.54 Å². The van der Waals surface area contributed by atoms with Crippen LogP contribution in [0.2, 0.25) is 0 Å². The third-order valence-corrected chi connectivity index (χ3v) is 2.95. The van der Waals surface area contributed by atoms with Crippen molar-refractivity contribution < 1.29 is 4.52 Å². The van der Waals surface area contributed by atoms with Crippen LogP contribution in [-0.4, -0.2) is 22.6 Å². The highest BCUT2D eigenvalue weighted by atomic mass is 127. The zero-order valence-corrected chi connectivity index (χ0v) is 15.4. The molecule has 6 nitrogen and oxygen atoms in total. The number of halogens is 1. The number of nitrogens with one attached hydrogen (secondary N) is 2. The lowest BCUT2D eigenvalue weighted by Crippen LogP contribution is -2.38. The molecule has 22 heavy (non-hydrogen) atoms. The molecule has 2 N–H and O–H groups in total. The van der Waals surface area contributed by atoms with E-state index in [0.717, 1.165) is 12.5 Å². The van der Waals surface area contributed by atoms with Crippen molar-refractivity contribution in [2.45, 2.75) is 33.4 Å². The van der Waals surface area contributed by atoms with Gasteiger partial charge in [-0.15, -0.1) is 24.0 Å². The first-order valence-corrected chi connectivity index (χ1v) is 7.08. The summed E-state index contributed by atoms with van der Waals surface area (Å²) in [5.41, 5.74) is 1.21. The van der Waals surface area contributed by atoms with E-state index in [0.29, 0.717) is 18.3 Å². The van der Waals surface area contributed by atoms with Crippen LogP contribution in [0.3, 0.4) is 0 Å². The molecule has 7 heteroatoms. The largest absolute Gasteiger partial charge is 0.357 e. The van der Waals surface area contributed by atoms with E-state index in [1.165, 1.54) is 5.56 Å². The quantitative estimate of drug-likeness (QED) is 0.446. The molecule has 1 aromatic carbocycles. The van der Waals surface area contributed by atoms with E-state index in [4.69, 9.17) is 4.52 Å². The number of aromatic nitrogens is 2. The van der Waals surface area contributed by atoms with Crippen LogP contribution in [-0.2, 0) is 6.54 Å². The molecule has 0 saturated heterocycles. The molecule has 120 valence electrons. The summed E-state index contributed by atoms with van der Waals surface area (Å²) in [5.74, 6) is 1.86. The Bertz CT molecular complexity index is 585. The van der Waals surface area contributed by atoms with Gasteiger partial charge >= 0.3 is 0 Å². The number of hydrogen-bond acceptors (Lipinski definition) is 4. The van der Waals surface area contributed by atoms with E-state index >= 15 is 0 Å². The minimum Gasteiger partial charge on any atom is -0.357 e. The minimum absolute atomic E-state index is 0. The van der Waals surface area contributed by atoms with Crippen LogP contribution in [0.15, 0.2) is 39.8 Å².